The molecular weight excluding hydrogens is 352 g/mol. The van der Waals surface area contributed by atoms with Crippen molar-refractivity contribution in [1.82, 2.24) is 10.9 Å². The first kappa shape index (κ1) is 16.6. The Morgan fingerprint density at radius 1 is 1.32 bits per heavy atom. The quantitative estimate of drug-likeness (QED) is 0.780. The smallest absolute Gasteiger partial charge is 0.269 e. The number of ether oxygens (including phenoxy) is 2. The zero-order chi connectivity index (χ0) is 16.1. The third-order valence-electron chi connectivity index (χ3n) is 3.56. The fourth-order valence-electron chi connectivity index (χ4n) is 2.10. The van der Waals surface area contributed by atoms with Gasteiger partial charge in [-0.2, -0.15) is 0 Å². The van der Waals surface area contributed by atoms with Crippen LogP contribution in [0.2, 0.25) is 0 Å². The molecule has 0 heterocycles. The van der Waals surface area contributed by atoms with Crippen molar-refractivity contribution in [1.29, 1.82) is 0 Å². The topological polar surface area (TPSA) is 76.7 Å². The predicted molar refractivity (Wildman–Crippen MR) is 84.8 cm³/mol. The summed E-state index contributed by atoms with van der Waals surface area (Å²) in [5.41, 5.74) is 5.24. The van der Waals surface area contributed by atoms with Gasteiger partial charge in [0.2, 0.25) is 5.91 Å². The molecule has 0 unspecified atom stereocenters. The number of hydrazine groups is 1. The molecule has 0 saturated heterocycles. The molecular formula is C15H19BrN2O4. The van der Waals surface area contributed by atoms with Gasteiger partial charge in [-0.15, -0.1) is 0 Å². The van der Waals surface area contributed by atoms with Crippen molar-refractivity contribution >= 4 is 27.7 Å². The van der Waals surface area contributed by atoms with E-state index in [0.717, 1.165) is 19.3 Å². The van der Waals surface area contributed by atoms with E-state index < -0.39 is 5.91 Å². The molecule has 1 aromatic rings. The molecule has 0 aliphatic heterocycles. The molecule has 0 aromatic heterocycles. The molecule has 1 aliphatic carbocycles. The summed E-state index contributed by atoms with van der Waals surface area (Å²) < 4.78 is 11.3. The van der Waals surface area contributed by atoms with Crippen LogP contribution in [-0.4, -0.2) is 25.5 Å². The molecule has 1 aliphatic rings. The summed E-state index contributed by atoms with van der Waals surface area (Å²) in [7, 11) is 1.50. The molecule has 0 bridgehead atoms. The normalized spacial score (nSPS) is 14.0. The average Bonchev–Trinajstić information content (AvgIpc) is 2.44. The van der Waals surface area contributed by atoms with E-state index in [-0.39, 0.29) is 11.8 Å². The molecule has 7 heteroatoms. The van der Waals surface area contributed by atoms with Crippen molar-refractivity contribution in [2.24, 2.45) is 5.92 Å². The Hall–Kier alpha value is -1.76. The molecule has 6 nitrogen and oxygen atoms in total. The second-order valence-electron chi connectivity index (χ2n) is 4.99. The fraction of sp³-hybridized carbons (Fsp3) is 0.467. The van der Waals surface area contributed by atoms with Crippen molar-refractivity contribution in [3.63, 3.8) is 0 Å². The number of hydrogen-bond donors (Lipinski definition) is 2. The van der Waals surface area contributed by atoms with Gasteiger partial charge in [-0.25, -0.2) is 0 Å². The number of halogens is 1. The Bertz CT molecular complexity index is 573. The van der Waals surface area contributed by atoms with Crippen LogP contribution in [0.3, 0.4) is 0 Å². The van der Waals surface area contributed by atoms with Crippen LogP contribution in [0.4, 0.5) is 0 Å². The molecule has 2 amide bonds. The average molecular weight is 371 g/mol. The molecule has 22 heavy (non-hydrogen) atoms. The lowest BCUT2D eigenvalue weighted by Crippen LogP contribution is -2.46. The van der Waals surface area contributed by atoms with Crippen LogP contribution in [0, 0.1) is 5.92 Å². The van der Waals surface area contributed by atoms with Crippen LogP contribution in [0.15, 0.2) is 16.6 Å². The van der Waals surface area contributed by atoms with E-state index in [1.54, 1.807) is 12.1 Å². The first-order valence-electron chi connectivity index (χ1n) is 7.17. The van der Waals surface area contributed by atoms with Crippen molar-refractivity contribution in [3.05, 3.63) is 22.2 Å². The number of rotatable bonds is 5. The number of carbonyl (C=O) groups excluding carboxylic acids is 2. The molecule has 1 fully saturated rings. The van der Waals surface area contributed by atoms with Gasteiger partial charge in [0.05, 0.1) is 18.2 Å². The van der Waals surface area contributed by atoms with Crippen molar-refractivity contribution < 1.29 is 19.1 Å². The van der Waals surface area contributed by atoms with E-state index >= 15 is 0 Å². The number of amides is 2. The number of methoxy groups -OCH3 is 1. The minimum Gasteiger partial charge on any atom is -0.493 e. The Morgan fingerprint density at radius 2 is 2.05 bits per heavy atom. The van der Waals surface area contributed by atoms with Crippen molar-refractivity contribution in [2.75, 3.05) is 13.7 Å². The summed E-state index contributed by atoms with van der Waals surface area (Å²) in [5.74, 6) is 0.458. The highest BCUT2D eigenvalue weighted by atomic mass is 79.9. The second kappa shape index (κ2) is 7.49. The van der Waals surface area contributed by atoms with Gasteiger partial charge >= 0.3 is 0 Å². The van der Waals surface area contributed by atoms with E-state index in [1.807, 2.05) is 6.92 Å². The van der Waals surface area contributed by atoms with Gasteiger partial charge in [0.1, 0.15) is 0 Å². The first-order valence-corrected chi connectivity index (χ1v) is 7.96. The number of hydrogen-bond acceptors (Lipinski definition) is 4. The molecule has 0 spiro atoms. The minimum atomic E-state index is -0.408. The predicted octanol–water partition coefficient (Wildman–Crippen LogP) is 2.42. The zero-order valence-electron chi connectivity index (χ0n) is 12.6. The van der Waals surface area contributed by atoms with E-state index in [1.165, 1.54) is 7.11 Å². The van der Waals surface area contributed by atoms with E-state index in [9.17, 15) is 9.59 Å². The summed E-state index contributed by atoms with van der Waals surface area (Å²) in [4.78, 5) is 23.8. The molecule has 0 atom stereocenters. The minimum absolute atomic E-state index is 0.0157. The fourth-order valence-corrected chi connectivity index (χ4v) is 2.65. The Labute approximate surface area is 137 Å². The van der Waals surface area contributed by atoms with E-state index in [2.05, 4.69) is 26.8 Å². The van der Waals surface area contributed by atoms with E-state index in [0.29, 0.717) is 28.1 Å². The van der Waals surface area contributed by atoms with Crippen LogP contribution in [0.5, 0.6) is 11.5 Å². The van der Waals surface area contributed by atoms with Gasteiger partial charge in [0.25, 0.3) is 5.91 Å². The maximum atomic E-state index is 12.1. The van der Waals surface area contributed by atoms with Crippen molar-refractivity contribution in [2.45, 2.75) is 26.2 Å². The molecule has 1 aromatic carbocycles. The van der Waals surface area contributed by atoms with Crippen LogP contribution in [-0.2, 0) is 4.79 Å². The SMILES string of the molecule is CCOc1c(Br)cc(C(=O)NNC(=O)C2CCC2)cc1OC. The summed E-state index contributed by atoms with van der Waals surface area (Å²) in [6.45, 7) is 2.35. The van der Waals surface area contributed by atoms with Gasteiger partial charge in [0.15, 0.2) is 11.5 Å². The lowest BCUT2D eigenvalue weighted by molar-refractivity contribution is -0.128. The van der Waals surface area contributed by atoms with Crippen LogP contribution in [0.1, 0.15) is 36.5 Å². The maximum Gasteiger partial charge on any atom is 0.269 e. The third kappa shape index (κ3) is 3.71. The summed E-state index contributed by atoms with van der Waals surface area (Å²) in [6.07, 6.45) is 2.82. The highest BCUT2D eigenvalue weighted by molar-refractivity contribution is 9.10. The second-order valence-corrected chi connectivity index (χ2v) is 5.85. The molecule has 0 radical (unpaired) electrons. The third-order valence-corrected chi connectivity index (χ3v) is 4.14. The van der Waals surface area contributed by atoms with Crippen LogP contribution >= 0.6 is 15.9 Å². The summed E-state index contributed by atoms with van der Waals surface area (Å²) in [6, 6.07) is 3.19. The van der Waals surface area contributed by atoms with Gasteiger partial charge in [-0.1, -0.05) is 6.42 Å². The highest BCUT2D eigenvalue weighted by Gasteiger charge is 2.25. The first-order chi connectivity index (χ1) is 10.6. The highest BCUT2D eigenvalue weighted by Crippen LogP contribution is 2.36. The Kier molecular flexibility index (Phi) is 5.65. The summed E-state index contributed by atoms with van der Waals surface area (Å²) >= 11 is 3.36. The largest absolute Gasteiger partial charge is 0.493 e. The Balaban J connectivity index is 2.05. The van der Waals surface area contributed by atoms with Crippen LogP contribution in [0.25, 0.3) is 0 Å². The molecule has 1 saturated carbocycles. The monoisotopic (exact) mass is 370 g/mol. The molecule has 120 valence electrons. The van der Waals surface area contributed by atoms with Gasteiger partial charge in [-0.05, 0) is 47.8 Å². The number of carbonyl (C=O) groups is 2. The Morgan fingerprint density at radius 3 is 2.59 bits per heavy atom. The van der Waals surface area contributed by atoms with Gasteiger partial charge in [-0.3, -0.25) is 20.4 Å². The maximum absolute atomic E-state index is 12.1. The molecule has 2 N–H and O–H groups in total. The van der Waals surface area contributed by atoms with Crippen molar-refractivity contribution in [3.8, 4) is 11.5 Å². The summed E-state index contributed by atoms with van der Waals surface area (Å²) in [5, 5.41) is 0. The zero-order valence-corrected chi connectivity index (χ0v) is 14.2. The van der Waals surface area contributed by atoms with Gasteiger partial charge in [0, 0.05) is 11.5 Å². The molecule has 2 rings (SSSR count). The lowest BCUT2D eigenvalue weighted by Gasteiger charge is -2.24. The van der Waals surface area contributed by atoms with Crippen LogP contribution < -0.4 is 20.3 Å². The lowest BCUT2D eigenvalue weighted by atomic mass is 9.85. The van der Waals surface area contributed by atoms with E-state index in [4.69, 9.17) is 9.47 Å². The van der Waals surface area contributed by atoms with Gasteiger partial charge < -0.3 is 9.47 Å². The standard InChI is InChI=1S/C15H19BrN2O4/c1-3-22-13-11(16)7-10(8-12(13)21-2)15(20)18-17-14(19)9-5-4-6-9/h7-9H,3-6H2,1-2H3,(H,17,19)(H,18,20). The number of benzene rings is 1. The number of nitrogens with one attached hydrogen (secondary N) is 2.